The van der Waals surface area contributed by atoms with Crippen LogP contribution in [0.3, 0.4) is 0 Å². The zero-order chi connectivity index (χ0) is 29.6. The van der Waals surface area contributed by atoms with Gasteiger partial charge in [-0.15, -0.1) is 0 Å². The quantitative estimate of drug-likeness (QED) is 0.248. The number of nitrogens with zero attached hydrogens (tertiary/aromatic N) is 1. The van der Waals surface area contributed by atoms with Crippen LogP contribution in [0.4, 0.5) is 4.79 Å². The van der Waals surface area contributed by atoms with Crippen LogP contribution in [-0.4, -0.2) is 55.1 Å². The van der Waals surface area contributed by atoms with Crippen LogP contribution < -0.4 is 20.1 Å². The lowest BCUT2D eigenvalue weighted by Crippen LogP contribution is -2.48. The Labute approximate surface area is 234 Å². The number of methoxy groups -OCH3 is 1. The number of hydrogen-bond donors (Lipinski definition) is 3. The average molecular weight is 548 g/mol. The van der Waals surface area contributed by atoms with Gasteiger partial charge in [-0.05, 0) is 76.0 Å². The summed E-state index contributed by atoms with van der Waals surface area (Å²) in [4.78, 5) is 25.3. The van der Waals surface area contributed by atoms with Crippen molar-refractivity contribution in [1.29, 1.82) is 5.26 Å². The monoisotopic (exact) mass is 547 g/mol. The van der Waals surface area contributed by atoms with Crippen molar-refractivity contribution in [1.82, 2.24) is 10.6 Å². The molecule has 1 rings (SSSR count). The van der Waals surface area contributed by atoms with E-state index < -0.39 is 29.8 Å². The molecule has 0 aliphatic heterocycles. The van der Waals surface area contributed by atoms with Crippen LogP contribution in [0, 0.1) is 29.1 Å². The van der Waals surface area contributed by atoms with Crippen LogP contribution >= 0.6 is 0 Å². The molecule has 4 atom stereocenters. The second kappa shape index (κ2) is 16.9. The van der Waals surface area contributed by atoms with Gasteiger partial charge in [0.25, 0.3) is 0 Å². The molecule has 0 unspecified atom stereocenters. The summed E-state index contributed by atoms with van der Waals surface area (Å²) in [6, 6.07) is 6.97. The molecule has 39 heavy (non-hydrogen) atoms. The van der Waals surface area contributed by atoms with Crippen LogP contribution in [0.25, 0.3) is 0 Å². The first-order valence-electron chi connectivity index (χ1n) is 13.9. The molecule has 0 bridgehead atoms. The molecule has 3 N–H and O–H groups in total. The third kappa shape index (κ3) is 13.1. The summed E-state index contributed by atoms with van der Waals surface area (Å²) in [6.07, 6.45) is 1.66. The molecule has 220 valence electrons. The highest BCUT2D eigenvalue weighted by molar-refractivity contribution is 5.78. The minimum Gasteiger partial charge on any atom is -0.493 e. The summed E-state index contributed by atoms with van der Waals surface area (Å²) in [7, 11) is 1.55. The molecule has 0 saturated carbocycles. The Morgan fingerprint density at radius 2 is 1.82 bits per heavy atom. The maximum atomic E-state index is 12.7. The van der Waals surface area contributed by atoms with E-state index in [9.17, 15) is 14.7 Å². The maximum Gasteiger partial charge on any atom is 0.407 e. The topological polar surface area (TPSA) is 130 Å². The van der Waals surface area contributed by atoms with Gasteiger partial charge < -0.3 is 30.0 Å². The first kappa shape index (κ1) is 34.0. The summed E-state index contributed by atoms with van der Waals surface area (Å²) < 4.78 is 16.4. The van der Waals surface area contributed by atoms with E-state index in [0.717, 1.165) is 18.4 Å². The van der Waals surface area contributed by atoms with Crippen molar-refractivity contribution in [2.24, 2.45) is 17.8 Å². The minimum absolute atomic E-state index is 0.0745. The maximum absolute atomic E-state index is 12.7. The van der Waals surface area contributed by atoms with Crippen molar-refractivity contribution in [3.05, 3.63) is 23.8 Å². The van der Waals surface area contributed by atoms with E-state index in [1.165, 1.54) is 0 Å². The number of rotatable bonds is 16. The summed E-state index contributed by atoms with van der Waals surface area (Å²) in [5, 5.41) is 25.9. The molecule has 0 heterocycles. The molecule has 0 aliphatic carbocycles. The first-order chi connectivity index (χ1) is 18.3. The summed E-state index contributed by atoms with van der Waals surface area (Å²) in [6.45, 7) is 13.9. The number of hydrogen-bond acceptors (Lipinski definition) is 7. The number of alkyl carbamates (subject to hydrolysis) is 1. The molecule has 1 aromatic rings. The summed E-state index contributed by atoms with van der Waals surface area (Å²) in [5.41, 5.74) is 0.295. The van der Waals surface area contributed by atoms with E-state index in [0.29, 0.717) is 30.9 Å². The number of unbranched alkanes of at least 4 members (excludes halogenated alkanes) is 1. The van der Waals surface area contributed by atoms with Crippen molar-refractivity contribution in [3.8, 4) is 17.6 Å². The lowest BCUT2D eigenvalue weighted by Gasteiger charge is -2.32. The minimum atomic E-state index is -0.948. The molecule has 2 amide bonds. The Morgan fingerprint density at radius 1 is 1.13 bits per heavy atom. The first-order valence-corrected chi connectivity index (χ1v) is 13.9. The largest absolute Gasteiger partial charge is 0.493 e. The van der Waals surface area contributed by atoms with Gasteiger partial charge in [0.05, 0.1) is 19.3 Å². The molecule has 0 aromatic heterocycles. The molecular weight excluding hydrogens is 498 g/mol. The van der Waals surface area contributed by atoms with Crippen LogP contribution in [0.1, 0.15) is 79.7 Å². The molecule has 9 nitrogen and oxygen atoms in total. The Kier molecular flexibility index (Phi) is 14.7. The van der Waals surface area contributed by atoms with Gasteiger partial charge in [-0.1, -0.05) is 40.2 Å². The normalized spacial score (nSPS) is 14.5. The molecule has 9 heteroatoms. The Hall–Kier alpha value is -2.99. The lowest BCUT2D eigenvalue weighted by atomic mass is 9.82. The van der Waals surface area contributed by atoms with E-state index in [-0.39, 0.29) is 30.8 Å². The highest BCUT2D eigenvalue weighted by Crippen LogP contribution is 2.31. The number of carbonyl (C=O) groups excluding carboxylic acids is 2. The fourth-order valence-electron chi connectivity index (χ4n) is 4.26. The number of carbonyl (C=O) groups is 2. The summed E-state index contributed by atoms with van der Waals surface area (Å²) >= 11 is 0. The fraction of sp³-hybridized carbons (Fsp3) is 0.700. The van der Waals surface area contributed by atoms with Gasteiger partial charge in [0, 0.05) is 12.5 Å². The van der Waals surface area contributed by atoms with Crippen LogP contribution in [0.2, 0.25) is 0 Å². The standard InChI is InChI=1S/C30H49N3O6/c1-9-10-14-32-28(35)21(4)16-25(34)24(33-29(36)39-30(5,6)7)19-23(20(2)3)17-22-11-12-26(37-8)27(18-22)38-15-13-31/h11-12,18,20-21,23-25,34H,9-10,14-17,19H2,1-8H3,(H,32,35)(H,33,36)/t21-,23+,24+,25+/m1/s1. The van der Waals surface area contributed by atoms with Crippen molar-refractivity contribution in [2.45, 2.75) is 98.3 Å². The van der Waals surface area contributed by atoms with E-state index >= 15 is 0 Å². The van der Waals surface area contributed by atoms with Gasteiger partial charge in [-0.2, -0.15) is 5.26 Å². The fourth-order valence-corrected chi connectivity index (χ4v) is 4.26. The second-order valence-electron chi connectivity index (χ2n) is 11.5. The van der Waals surface area contributed by atoms with Gasteiger partial charge in [0.15, 0.2) is 18.1 Å². The van der Waals surface area contributed by atoms with E-state index in [4.69, 9.17) is 19.5 Å². The van der Waals surface area contributed by atoms with Gasteiger partial charge in [0.2, 0.25) is 5.91 Å². The van der Waals surface area contributed by atoms with Crippen LogP contribution in [0.15, 0.2) is 18.2 Å². The molecule has 0 radical (unpaired) electrons. The lowest BCUT2D eigenvalue weighted by molar-refractivity contribution is -0.125. The number of nitriles is 1. The Bertz CT molecular complexity index is 938. The van der Waals surface area contributed by atoms with Crippen LogP contribution in [0.5, 0.6) is 11.5 Å². The molecule has 0 spiro atoms. The number of aliphatic hydroxyl groups is 1. The number of aliphatic hydroxyl groups excluding tert-OH is 1. The predicted octanol–water partition coefficient (Wildman–Crippen LogP) is 5.00. The van der Waals surface area contributed by atoms with Gasteiger partial charge in [0.1, 0.15) is 11.7 Å². The SMILES string of the molecule is CCCCNC(=O)[C@H](C)C[C@H](O)[C@H](C[C@H](Cc1ccc(OC)c(OCC#N)c1)C(C)C)NC(=O)OC(C)(C)C. The molecule has 0 fully saturated rings. The molecular formula is C30H49N3O6. The van der Waals surface area contributed by atoms with Crippen molar-refractivity contribution < 1.29 is 28.9 Å². The zero-order valence-electron chi connectivity index (χ0n) is 25.0. The van der Waals surface area contributed by atoms with Crippen LogP contribution in [-0.2, 0) is 16.0 Å². The van der Waals surface area contributed by atoms with Gasteiger partial charge in [-0.25, -0.2) is 4.79 Å². The van der Waals surface area contributed by atoms with Crippen molar-refractivity contribution in [2.75, 3.05) is 20.3 Å². The third-order valence-corrected chi connectivity index (χ3v) is 6.56. The number of benzene rings is 1. The zero-order valence-corrected chi connectivity index (χ0v) is 25.0. The Morgan fingerprint density at radius 3 is 2.38 bits per heavy atom. The van der Waals surface area contributed by atoms with E-state index in [1.807, 2.05) is 24.3 Å². The van der Waals surface area contributed by atoms with Gasteiger partial charge in [-0.3, -0.25) is 4.79 Å². The Balaban J connectivity index is 3.12. The van der Waals surface area contributed by atoms with Gasteiger partial charge >= 0.3 is 6.09 Å². The molecule has 0 aliphatic rings. The highest BCUT2D eigenvalue weighted by atomic mass is 16.6. The number of amides is 2. The van der Waals surface area contributed by atoms with E-state index in [2.05, 4.69) is 31.4 Å². The predicted molar refractivity (Wildman–Crippen MR) is 152 cm³/mol. The highest BCUT2D eigenvalue weighted by Gasteiger charge is 2.31. The molecule has 1 aromatic carbocycles. The smallest absolute Gasteiger partial charge is 0.407 e. The number of nitrogens with one attached hydrogen (secondary N) is 2. The molecule has 0 saturated heterocycles. The van der Waals surface area contributed by atoms with Crippen molar-refractivity contribution >= 4 is 12.0 Å². The number of ether oxygens (including phenoxy) is 3. The average Bonchev–Trinajstić information content (AvgIpc) is 2.85. The second-order valence-corrected chi connectivity index (χ2v) is 11.5. The third-order valence-electron chi connectivity index (χ3n) is 6.56. The van der Waals surface area contributed by atoms with E-state index in [1.54, 1.807) is 34.8 Å². The van der Waals surface area contributed by atoms with Crippen molar-refractivity contribution in [3.63, 3.8) is 0 Å². The summed E-state index contributed by atoms with van der Waals surface area (Å²) in [5.74, 6) is 0.804.